The first kappa shape index (κ1) is 48.3. The molecule has 0 aromatic heterocycles. The fourth-order valence-electron chi connectivity index (χ4n) is 5.95. The molecule has 0 aliphatic carbocycles. The van der Waals surface area contributed by atoms with E-state index in [1.54, 1.807) is 0 Å². The lowest BCUT2D eigenvalue weighted by Gasteiger charge is -2.34. The highest BCUT2D eigenvalue weighted by atomic mass is 16.6. The Kier molecular flexibility index (Phi) is 32.0. The average molecular weight is 714 g/mol. The first-order valence-electron chi connectivity index (χ1n) is 20.5. The Morgan fingerprint density at radius 2 is 0.880 bits per heavy atom. The maximum Gasteiger partial charge on any atom is 0.305 e. The number of nitrogens with zero attached hydrogens (tertiary/aromatic N) is 1. The van der Waals surface area contributed by atoms with Gasteiger partial charge in [0.05, 0.1) is 12.0 Å². The number of ether oxygens (including phenoxy) is 4. The first-order chi connectivity index (χ1) is 24.1. The molecule has 0 aromatic carbocycles. The fraction of sp³-hybridized carbons (Fsp3) is 0.927. The quantitative estimate of drug-likeness (QED) is 0.0294. The minimum atomic E-state index is -1.15. The summed E-state index contributed by atoms with van der Waals surface area (Å²) < 4.78 is 23.6. The van der Waals surface area contributed by atoms with Crippen LogP contribution in [0.3, 0.4) is 0 Å². The van der Waals surface area contributed by atoms with Crippen LogP contribution in [0.15, 0.2) is 0 Å². The average Bonchev–Trinajstić information content (AvgIpc) is 3.09. The van der Waals surface area contributed by atoms with Crippen LogP contribution in [0.1, 0.15) is 182 Å². The number of hydrogen-bond donors (Lipinski definition) is 1. The monoisotopic (exact) mass is 714 g/mol. The van der Waals surface area contributed by atoms with Crippen LogP contribution in [0.4, 0.5) is 0 Å². The zero-order chi connectivity index (χ0) is 37.3. The number of rotatable bonds is 36. The van der Waals surface area contributed by atoms with Crippen molar-refractivity contribution in [2.75, 3.05) is 47.1 Å². The summed E-state index contributed by atoms with van der Waals surface area (Å²) in [4.78, 5) is 40.6. The van der Waals surface area contributed by atoms with Crippen molar-refractivity contribution in [3.8, 4) is 0 Å². The third-order valence-corrected chi connectivity index (χ3v) is 9.39. The Bertz CT molecular complexity index is 778. The molecule has 1 N–H and O–H groups in total. The van der Waals surface area contributed by atoms with Crippen LogP contribution in [0.25, 0.3) is 0 Å². The highest BCUT2D eigenvalue weighted by molar-refractivity contribution is 5.70. The van der Waals surface area contributed by atoms with Gasteiger partial charge in [0.25, 0.3) is 0 Å². The van der Waals surface area contributed by atoms with Crippen molar-refractivity contribution >= 4 is 17.9 Å². The Morgan fingerprint density at radius 3 is 1.26 bits per heavy atom. The molecular formula is C41H79NO8. The molecule has 296 valence electrons. The summed E-state index contributed by atoms with van der Waals surface area (Å²) in [5, 5.41) is 11.4. The van der Waals surface area contributed by atoms with Gasteiger partial charge in [-0.3, -0.25) is 14.4 Å². The number of carbonyl (C=O) groups excluding carboxylic acids is 3. The second kappa shape index (κ2) is 33.1. The molecule has 0 bridgehead atoms. The number of aliphatic hydroxyl groups excluding tert-OH is 1. The van der Waals surface area contributed by atoms with Crippen molar-refractivity contribution in [2.45, 2.75) is 188 Å². The van der Waals surface area contributed by atoms with Crippen molar-refractivity contribution in [3.05, 3.63) is 0 Å². The molecule has 0 spiro atoms. The third-order valence-electron chi connectivity index (χ3n) is 9.39. The molecule has 0 aromatic rings. The van der Waals surface area contributed by atoms with Crippen LogP contribution in [0.5, 0.6) is 0 Å². The van der Waals surface area contributed by atoms with E-state index in [4.69, 9.17) is 18.9 Å². The van der Waals surface area contributed by atoms with E-state index in [-0.39, 0.29) is 56.7 Å². The minimum absolute atomic E-state index is 0.0358. The fourth-order valence-corrected chi connectivity index (χ4v) is 5.95. The molecule has 0 heterocycles. The molecule has 50 heavy (non-hydrogen) atoms. The number of unbranched alkanes of at least 4 members (excludes halogenated alkanes) is 14. The predicted octanol–water partition coefficient (Wildman–Crippen LogP) is 9.56. The van der Waals surface area contributed by atoms with Crippen LogP contribution in [0.2, 0.25) is 0 Å². The Hall–Kier alpha value is -1.71. The summed E-state index contributed by atoms with van der Waals surface area (Å²) in [5.41, 5.74) is -1.15. The summed E-state index contributed by atoms with van der Waals surface area (Å²) >= 11 is 0. The Labute approximate surface area is 307 Å². The van der Waals surface area contributed by atoms with Gasteiger partial charge in [-0.25, -0.2) is 0 Å². The molecular weight excluding hydrogens is 634 g/mol. The molecule has 9 heteroatoms. The van der Waals surface area contributed by atoms with Gasteiger partial charge in [-0.2, -0.15) is 0 Å². The van der Waals surface area contributed by atoms with E-state index < -0.39 is 11.7 Å². The number of carbonyl (C=O) groups is 3. The molecule has 0 saturated heterocycles. The summed E-state index contributed by atoms with van der Waals surface area (Å²) in [5.74, 6) is -1.08. The lowest BCUT2D eigenvalue weighted by atomic mass is 9.91. The third kappa shape index (κ3) is 27.9. The van der Waals surface area contributed by atoms with Gasteiger partial charge in [-0.05, 0) is 52.7 Å². The summed E-state index contributed by atoms with van der Waals surface area (Å²) in [7, 11) is 3.91. The summed E-state index contributed by atoms with van der Waals surface area (Å²) in [6.07, 6.45) is 21.2. The Morgan fingerprint density at radius 1 is 0.520 bits per heavy atom. The smallest absolute Gasteiger partial charge is 0.305 e. The molecule has 0 aliphatic heterocycles. The van der Waals surface area contributed by atoms with E-state index in [1.807, 2.05) is 19.0 Å². The lowest BCUT2D eigenvalue weighted by molar-refractivity contribution is -0.192. The van der Waals surface area contributed by atoms with Gasteiger partial charge < -0.3 is 29.0 Å². The van der Waals surface area contributed by atoms with Crippen LogP contribution >= 0.6 is 0 Å². The molecule has 1 atom stereocenters. The standard InChI is InChI=1S/C41H79NO8/c1-7-11-15-19-23-28-37(43)47-32-41(34-49-39(45)30-25-31-42(5)6,33-48-38(44)29-24-20-16-12-8-2)35-50-40(46)36(26-21-17-13-9-3)27-22-18-14-10-4/h36,40,46H,7-35H2,1-6H3. The van der Waals surface area contributed by atoms with Crippen molar-refractivity contribution in [1.82, 2.24) is 4.90 Å². The van der Waals surface area contributed by atoms with E-state index in [1.165, 1.54) is 0 Å². The van der Waals surface area contributed by atoms with E-state index in [0.29, 0.717) is 19.3 Å². The van der Waals surface area contributed by atoms with E-state index in [2.05, 4.69) is 27.7 Å². The first-order valence-corrected chi connectivity index (χ1v) is 20.5. The van der Waals surface area contributed by atoms with Gasteiger partial charge in [0.2, 0.25) is 0 Å². The molecule has 0 amide bonds. The normalized spacial score (nSPS) is 12.4. The summed E-state index contributed by atoms with van der Waals surface area (Å²) in [6.45, 7) is 8.93. The molecule has 0 fully saturated rings. The van der Waals surface area contributed by atoms with E-state index >= 15 is 0 Å². The second-order valence-corrected chi connectivity index (χ2v) is 14.9. The van der Waals surface area contributed by atoms with Gasteiger partial charge in [0.15, 0.2) is 6.29 Å². The minimum Gasteiger partial charge on any atom is -0.465 e. The summed E-state index contributed by atoms with van der Waals surface area (Å²) in [6, 6.07) is 0. The highest BCUT2D eigenvalue weighted by Gasteiger charge is 2.38. The van der Waals surface area contributed by atoms with E-state index in [0.717, 1.165) is 135 Å². The second-order valence-electron chi connectivity index (χ2n) is 14.9. The Balaban J connectivity index is 5.93. The number of esters is 3. The predicted molar refractivity (Wildman–Crippen MR) is 203 cm³/mol. The van der Waals surface area contributed by atoms with Crippen molar-refractivity contribution in [1.29, 1.82) is 0 Å². The van der Waals surface area contributed by atoms with Gasteiger partial charge in [0, 0.05) is 25.2 Å². The molecule has 1 unspecified atom stereocenters. The van der Waals surface area contributed by atoms with Gasteiger partial charge in [-0.1, -0.05) is 130 Å². The zero-order valence-corrected chi connectivity index (χ0v) is 33.4. The zero-order valence-electron chi connectivity index (χ0n) is 33.4. The maximum atomic E-state index is 12.9. The van der Waals surface area contributed by atoms with Gasteiger partial charge in [-0.15, -0.1) is 0 Å². The topological polar surface area (TPSA) is 112 Å². The molecule has 0 saturated carbocycles. The van der Waals surface area contributed by atoms with Crippen LogP contribution in [-0.2, 0) is 33.3 Å². The van der Waals surface area contributed by atoms with Crippen molar-refractivity contribution in [3.63, 3.8) is 0 Å². The maximum absolute atomic E-state index is 12.9. The number of aliphatic hydroxyl groups is 1. The van der Waals surface area contributed by atoms with Gasteiger partial charge >= 0.3 is 17.9 Å². The highest BCUT2D eigenvalue weighted by Crippen LogP contribution is 2.27. The van der Waals surface area contributed by atoms with Crippen LogP contribution < -0.4 is 0 Å². The SMILES string of the molecule is CCCCCCCC(=O)OCC(COC(=O)CCCCCCC)(COC(=O)CCCN(C)C)COC(O)C(CCCCCC)CCCCCC. The van der Waals surface area contributed by atoms with Crippen LogP contribution in [-0.4, -0.2) is 81.3 Å². The van der Waals surface area contributed by atoms with Crippen molar-refractivity contribution < 1.29 is 38.4 Å². The number of hydrogen-bond acceptors (Lipinski definition) is 9. The largest absolute Gasteiger partial charge is 0.465 e. The van der Waals surface area contributed by atoms with Crippen molar-refractivity contribution in [2.24, 2.45) is 11.3 Å². The van der Waals surface area contributed by atoms with Gasteiger partial charge in [0.1, 0.15) is 19.8 Å². The molecule has 0 radical (unpaired) electrons. The lowest BCUT2D eigenvalue weighted by Crippen LogP contribution is -2.45. The van der Waals surface area contributed by atoms with E-state index in [9.17, 15) is 19.5 Å². The molecule has 0 aliphatic rings. The van der Waals surface area contributed by atoms with Crippen LogP contribution in [0, 0.1) is 11.3 Å². The molecule has 0 rings (SSSR count). The molecule has 9 nitrogen and oxygen atoms in total.